The summed E-state index contributed by atoms with van der Waals surface area (Å²) in [5.74, 6) is 0.727. The average molecular weight is 491 g/mol. The minimum Gasteiger partial charge on any atom is -0.357 e. The molecule has 0 spiro atoms. The molecule has 0 radical (unpaired) electrons. The zero-order valence-electron chi connectivity index (χ0n) is 16.4. The molecule has 8 heteroatoms. The van der Waals surface area contributed by atoms with Crippen molar-refractivity contribution in [2.45, 2.75) is 27.3 Å². The summed E-state index contributed by atoms with van der Waals surface area (Å²) in [6.07, 6.45) is 0. The van der Waals surface area contributed by atoms with Crippen LogP contribution in [0.5, 0.6) is 0 Å². The van der Waals surface area contributed by atoms with Gasteiger partial charge in [0.25, 0.3) is 0 Å². The van der Waals surface area contributed by atoms with E-state index in [2.05, 4.69) is 20.5 Å². The summed E-state index contributed by atoms with van der Waals surface area (Å²) in [5, 5.41) is 6.57. The summed E-state index contributed by atoms with van der Waals surface area (Å²) >= 11 is 0. The fourth-order valence-corrected chi connectivity index (χ4v) is 2.94. The third-order valence-corrected chi connectivity index (χ3v) is 4.52. The second-order valence-electron chi connectivity index (χ2n) is 6.55. The Bertz CT molecular complexity index is 633. The van der Waals surface area contributed by atoms with Crippen LogP contribution in [0.25, 0.3) is 0 Å². The van der Waals surface area contributed by atoms with Crippen molar-refractivity contribution in [1.29, 1.82) is 0 Å². The number of amides is 1. The van der Waals surface area contributed by atoms with Crippen LogP contribution in [-0.4, -0.2) is 67.5 Å². The van der Waals surface area contributed by atoms with Crippen LogP contribution in [0.15, 0.2) is 23.2 Å². The number of piperazine rings is 1. The largest absolute Gasteiger partial charge is 0.357 e. The first-order chi connectivity index (χ1) is 12.5. The van der Waals surface area contributed by atoms with Gasteiger partial charge < -0.3 is 15.5 Å². The van der Waals surface area contributed by atoms with Gasteiger partial charge in [-0.05, 0) is 31.0 Å². The van der Waals surface area contributed by atoms with Crippen molar-refractivity contribution >= 4 is 35.8 Å². The molecular weight excluding hydrogens is 460 g/mol. The van der Waals surface area contributed by atoms with E-state index in [-0.39, 0.29) is 35.7 Å². The van der Waals surface area contributed by atoms with Crippen molar-refractivity contribution < 1.29 is 9.18 Å². The average Bonchev–Trinajstić information content (AvgIpc) is 2.63. The first kappa shape index (κ1) is 23.6. The zero-order chi connectivity index (χ0) is 18.9. The van der Waals surface area contributed by atoms with E-state index in [0.29, 0.717) is 12.1 Å². The van der Waals surface area contributed by atoms with Crippen molar-refractivity contribution in [1.82, 2.24) is 20.4 Å². The van der Waals surface area contributed by atoms with Gasteiger partial charge in [0.15, 0.2) is 5.96 Å². The highest BCUT2D eigenvalue weighted by molar-refractivity contribution is 14.0. The third kappa shape index (κ3) is 8.00. The summed E-state index contributed by atoms with van der Waals surface area (Å²) in [6, 6.07) is 5.09. The van der Waals surface area contributed by atoms with Crippen molar-refractivity contribution in [3.05, 3.63) is 35.1 Å². The SMILES string of the molecule is CCNC(=NCc1ccc(F)c(C)c1)NCCN1CCN(C(C)=O)CC1.I. The van der Waals surface area contributed by atoms with E-state index in [1.165, 1.54) is 6.07 Å². The van der Waals surface area contributed by atoms with Gasteiger partial charge in [-0.25, -0.2) is 9.38 Å². The van der Waals surface area contributed by atoms with Gasteiger partial charge in [0.2, 0.25) is 5.91 Å². The fourth-order valence-electron chi connectivity index (χ4n) is 2.94. The van der Waals surface area contributed by atoms with E-state index >= 15 is 0 Å². The Morgan fingerprint density at radius 2 is 1.93 bits per heavy atom. The van der Waals surface area contributed by atoms with Crippen LogP contribution in [-0.2, 0) is 11.3 Å². The Labute approximate surface area is 178 Å². The van der Waals surface area contributed by atoms with E-state index in [0.717, 1.165) is 57.3 Å². The summed E-state index contributed by atoms with van der Waals surface area (Å²) < 4.78 is 13.3. The first-order valence-electron chi connectivity index (χ1n) is 9.24. The zero-order valence-corrected chi connectivity index (χ0v) is 18.8. The molecule has 0 aliphatic carbocycles. The number of hydrogen-bond acceptors (Lipinski definition) is 3. The number of guanidine groups is 1. The second kappa shape index (κ2) is 12.1. The number of carbonyl (C=O) groups excluding carboxylic acids is 1. The topological polar surface area (TPSA) is 60.0 Å². The normalized spacial score (nSPS) is 15.3. The van der Waals surface area contributed by atoms with Crippen molar-refractivity contribution in [2.24, 2.45) is 4.99 Å². The Kier molecular flexibility index (Phi) is 10.6. The Balaban J connectivity index is 0.00000364. The molecule has 0 bridgehead atoms. The molecule has 0 unspecified atom stereocenters. The van der Waals surface area contributed by atoms with Crippen LogP contribution in [0.1, 0.15) is 25.0 Å². The molecule has 1 aliphatic heterocycles. The highest BCUT2D eigenvalue weighted by atomic mass is 127. The van der Waals surface area contributed by atoms with E-state index in [1.807, 2.05) is 17.9 Å². The molecule has 0 aromatic heterocycles. The summed E-state index contributed by atoms with van der Waals surface area (Å²) in [5.41, 5.74) is 1.63. The lowest BCUT2D eigenvalue weighted by molar-refractivity contribution is -0.130. The monoisotopic (exact) mass is 491 g/mol. The van der Waals surface area contributed by atoms with Crippen LogP contribution in [0.4, 0.5) is 4.39 Å². The Hall–Kier alpha value is -1.42. The summed E-state index contributed by atoms with van der Waals surface area (Å²) in [7, 11) is 0. The molecular formula is C19H31FIN5O. The Morgan fingerprint density at radius 3 is 2.52 bits per heavy atom. The van der Waals surface area contributed by atoms with Gasteiger partial charge in [0.1, 0.15) is 5.82 Å². The maximum absolute atomic E-state index is 13.3. The number of benzene rings is 1. The molecule has 1 heterocycles. The molecule has 1 amide bonds. The van der Waals surface area contributed by atoms with Gasteiger partial charge in [-0.2, -0.15) is 0 Å². The minimum atomic E-state index is -0.187. The highest BCUT2D eigenvalue weighted by Crippen LogP contribution is 2.10. The van der Waals surface area contributed by atoms with Crippen LogP contribution in [0.2, 0.25) is 0 Å². The predicted molar refractivity (Wildman–Crippen MR) is 118 cm³/mol. The van der Waals surface area contributed by atoms with Crippen molar-refractivity contribution in [3.8, 4) is 0 Å². The van der Waals surface area contributed by atoms with Gasteiger partial charge in [-0.1, -0.05) is 12.1 Å². The summed E-state index contributed by atoms with van der Waals surface area (Å²) in [6.45, 7) is 11.8. The minimum absolute atomic E-state index is 0. The Morgan fingerprint density at radius 1 is 1.22 bits per heavy atom. The highest BCUT2D eigenvalue weighted by Gasteiger charge is 2.17. The van der Waals surface area contributed by atoms with E-state index in [4.69, 9.17) is 0 Å². The van der Waals surface area contributed by atoms with Crippen LogP contribution < -0.4 is 10.6 Å². The fraction of sp³-hybridized carbons (Fsp3) is 0.579. The van der Waals surface area contributed by atoms with Gasteiger partial charge in [-0.3, -0.25) is 9.69 Å². The molecule has 1 saturated heterocycles. The molecule has 6 nitrogen and oxygen atoms in total. The van der Waals surface area contributed by atoms with Crippen LogP contribution >= 0.6 is 24.0 Å². The van der Waals surface area contributed by atoms with E-state index in [1.54, 1.807) is 19.9 Å². The van der Waals surface area contributed by atoms with Crippen molar-refractivity contribution in [2.75, 3.05) is 45.8 Å². The molecule has 2 rings (SSSR count). The summed E-state index contributed by atoms with van der Waals surface area (Å²) in [4.78, 5) is 20.2. The van der Waals surface area contributed by atoms with E-state index in [9.17, 15) is 9.18 Å². The molecule has 0 atom stereocenters. The molecule has 1 fully saturated rings. The number of hydrogen-bond donors (Lipinski definition) is 2. The molecule has 2 N–H and O–H groups in total. The number of halogens is 2. The standard InChI is InChI=1S/C19H30FN5O.HI/c1-4-21-19(23-14-17-5-6-18(20)15(2)13-17)22-7-8-24-9-11-25(12-10-24)16(3)26;/h5-6,13H,4,7-12,14H2,1-3H3,(H2,21,22,23);1H. The number of rotatable bonds is 6. The lowest BCUT2D eigenvalue weighted by atomic mass is 10.1. The number of aryl methyl sites for hydroxylation is 1. The van der Waals surface area contributed by atoms with Gasteiger partial charge >= 0.3 is 0 Å². The van der Waals surface area contributed by atoms with Gasteiger partial charge in [0, 0.05) is 52.7 Å². The number of aliphatic imine (C=N–C) groups is 1. The predicted octanol–water partition coefficient (Wildman–Crippen LogP) is 1.97. The smallest absolute Gasteiger partial charge is 0.219 e. The lowest BCUT2D eigenvalue weighted by Gasteiger charge is -2.34. The van der Waals surface area contributed by atoms with Crippen LogP contribution in [0, 0.1) is 12.7 Å². The maximum Gasteiger partial charge on any atom is 0.219 e. The molecule has 1 aliphatic rings. The molecule has 152 valence electrons. The molecule has 1 aromatic carbocycles. The van der Waals surface area contributed by atoms with E-state index < -0.39 is 0 Å². The maximum atomic E-state index is 13.3. The van der Waals surface area contributed by atoms with Gasteiger partial charge in [0.05, 0.1) is 6.54 Å². The molecule has 27 heavy (non-hydrogen) atoms. The number of carbonyl (C=O) groups is 1. The van der Waals surface area contributed by atoms with Gasteiger partial charge in [-0.15, -0.1) is 24.0 Å². The molecule has 1 aromatic rings. The first-order valence-corrected chi connectivity index (χ1v) is 9.24. The second-order valence-corrected chi connectivity index (χ2v) is 6.55. The van der Waals surface area contributed by atoms with Crippen molar-refractivity contribution in [3.63, 3.8) is 0 Å². The quantitative estimate of drug-likeness (QED) is 0.363. The number of nitrogens with zero attached hydrogens (tertiary/aromatic N) is 3. The number of nitrogens with one attached hydrogen (secondary N) is 2. The third-order valence-electron chi connectivity index (χ3n) is 4.52. The molecule has 0 saturated carbocycles. The lowest BCUT2D eigenvalue weighted by Crippen LogP contribution is -2.50. The van der Waals surface area contributed by atoms with Crippen LogP contribution in [0.3, 0.4) is 0 Å².